The molecule has 0 aliphatic heterocycles. The first-order chi connectivity index (χ1) is 9.88. The second-order valence-electron chi connectivity index (χ2n) is 4.71. The van der Waals surface area contributed by atoms with Crippen LogP contribution in [0.25, 0.3) is 11.0 Å². The molecule has 5 heteroatoms. The predicted molar refractivity (Wildman–Crippen MR) is 79.3 cm³/mol. The average molecular weight is 269 g/mol. The number of hydrogen-bond donors (Lipinski definition) is 1. The number of aryl methyl sites for hydroxylation is 1. The van der Waals surface area contributed by atoms with Gasteiger partial charge in [-0.3, -0.25) is 4.68 Å². The fourth-order valence-electron chi connectivity index (χ4n) is 2.44. The van der Waals surface area contributed by atoms with Crippen LogP contribution in [0.1, 0.15) is 12.7 Å². The highest BCUT2D eigenvalue weighted by atomic mass is 15.3. The number of para-hydroxylation sites is 2. The number of aromatic nitrogens is 4. The molecule has 0 aliphatic rings. The predicted octanol–water partition coefficient (Wildman–Crippen LogP) is 2.04. The zero-order valence-corrected chi connectivity index (χ0v) is 11.7. The van der Waals surface area contributed by atoms with E-state index in [0.717, 1.165) is 37.5 Å². The summed E-state index contributed by atoms with van der Waals surface area (Å²) in [6.45, 7) is 5.63. The van der Waals surface area contributed by atoms with Gasteiger partial charge in [0.15, 0.2) is 0 Å². The van der Waals surface area contributed by atoms with Crippen LogP contribution in [0.3, 0.4) is 0 Å². The minimum atomic E-state index is 0.782. The van der Waals surface area contributed by atoms with Gasteiger partial charge < -0.3 is 9.88 Å². The molecule has 1 N–H and O–H groups in total. The Morgan fingerprint density at radius 2 is 2.10 bits per heavy atom. The normalized spacial score (nSPS) is 11.2. The van der Waals surface area contributed by atoms with Gasteiger partial charge in [-0.05, 0) is 25.1 Å². The van der Waals surface area contributed by atoms with Crippen molar-refractivity contribution in [3.8, 4) is 0 Å². The summed E-state index contributed by atoms with van der Waals surface area (Å²) in [6.07, 6.45) is 3.78. The lowest BCUT2D eigenvalue weighted by molar-refractivity contribution is 0.539. The molecule has 0 radical (unpaired) electrons. The molecule has 0 saturated carbocycles. The highest BCUT2D eigenvalue weighted by Gasteiger charge is 2.07. The van der Waals surface area contributed by atoms with Gasteiger partial charge in [0.25, 0.3) is 0 Å². The smallest absolute Gasteiger partial charge is 0.123 e. The van der Waals surface area contributed by atoms with Crippen molar-refractivity contribution in [3.63, 3.8) is 0 Å². The molecule has 104 valence electrons. The number of rotatable bonds is 6. The van der Waals surface area contributed by atoms with Crippen molar-refractivity contribution in [2.75, 3.05) is 6.54 Å². The van der Waals surface area contributed by atoms with Crippen molar-refractivity contribution in [2.24, 2.45) is 0 Å². The van der Waals surface area contributed by atoms with Crippen molar-refractivity contribution in [1.82, 2.24) is 24.6 Å². The van der Waals surface area contributed by atoms with Crippen LogP contribution in [0.5, 0.6) is 0 Å². The average Bonchev–Trinajstić information content (AvgIpc) is 3.10. The minimum Gasteiger partial charge on any atom is -0.327 e. The third-order valence-electron chi connectivity index (χ3n) is 3.41. The Morgan fingerprint density at radius 3 is 2.90 bits per heavy atom. The number of hydrogen-bond acceptors (Lipinski definition) is 3. The van der Waals surface area contributed by atoms with Crippen molar-refractivity contribution in [2.45, 2.75) is 26.6 Å². The van der Waals surface area contributed by atoms with E-state index in [1.54, 1.807) is 6.20 Å². The van der Waals surface area contributed by atoms with Crippen LogP contribution in [-0.2, 0) is 19.6 Å². The standard InChI is InChI=1S/C15H19N5/c1-2-20-14-7-4-3-6-13(14)18-15(20)12-16-9-11-19-10-5-8-17-19/h3-8,10,16H,2,9,11-12H2,1H3. The number of nitrogens with zero attached hydrogens (tertiary/aromatic N) is 4. The van der Waals surface area contributed by atoms with E-state index in [2.05, 4.69) is 40.1 Å². The van der Waals surface area contributed by atoms with E-state index < -0.39 is 0 Å². The van der Waals surface area contributed by atoms with Gasteiger partial charge in [-0.2, -0.15) is 5.10 Å². The van der Waals surface area contributed by atoms with Gasteiger partial charge in [0.2, 0.25) is 0 Å². The summed E-state index contributed by atoms with van der Waals surface area (Å²) in [7, 11) is 0. The van der Waals surface area contributed by atoms with Gasteiger partial charge in [0, 0.05) is 25.5 Å². The lowest BCUT2D eigenvalue weighted by Crippen LogP contribution is -2.21. The summed E-state index contributed by atoms with van der Waals surface area (Å²) in [5.41, 5.74) is 2.28. The fraction of sp³-hybridized carbons (Fsp3) is 0.333. The van der Waals surface area contributed by atoms with Crippen LogP contribution in [0, 0.1) is 0 Å². The summed E-state index contributed by atoms with van der Waals surface area (Å²) in [5, 5.41) is 7.62. The number of nitrogens with one attached hydrogen (secondary N) is 1. The van der Waals surface area contributed by atoms with Crippen LogP contribution in [0.2, 0.25) is 0 Å². The molecular formula is C15H19N5. The Morgan fingerprint density at radius 1 is 1.20 bits per heavy atom. The Kier molecular flexibility index (Phi) is 3.78. The molecule has 2 heterocycles. The quantitative estimate of drug-likeness (QED) is 0.697. The van der Waals surface area contributed by atoms with Crippen molar-refractivity contribution < 1.29 is 0 Å². The van der Waals surface area contributed by atoms with E-state index in [9.17, 15) is 0 Å². The Labute approximate surface area is 118 Å². The van der Waals surface area contributed by atoms with E-state index >= 15 is 0 Å². The highest BCUT2D eigenvalue weighted by molar-refractivity contribution is 5.75. The SMILES string of the molecule is CCn1c(CNCCn2cccn2)nc2ccccc21. The van der Waals surface area contributed by atoms with Gasteiger partial charge in [-0.15, -0.1) is 0 Å². The summed E-state index contributed by atoms with van der Waals surface area (Å²) in [5.74, 6) is 1.09. The molecule has 3 aromatic rings. The van der Waals surface area contributed by atoms with Crippen LogP contribution in [0.15, 0.2) is 42.7 Å². The third kappa shape index (κ3) is 2.58. The molecule has 0 amide bonds. The Balaban J connectivity index is 1.65. The van der Waals surface area contributed by atoms with Crippen LogP contribution in [0.4, 0.5) is 0 Å². The van der Waals surface area contributed by atoms with Crippen LogP contribution in [-0.4, -0.2) is 25.9 Å². The maximum absolute atomic E-state index is 4.70. The second-order valence-corrected chi connectivity index (χ2v) is 4.71. The third-order valence-corrected chi connectivity index (χ3v) is 3.41. The van der Waals surface area contributed by atoms with E-state index in [-0.39, 0.29) is 0 Å². The molecule has 0 aliphatic carbocycles. The maximum Gasteiger partial charge on any atom is 0.123 e. The van der Waals surface area contributed by atoms with Crippen molar-refractivity contribution in [3.05, 3.63) is 48.5 Å². The molecule has 2 aromatic heterocycles. The zero-order valence-electron chi connectivity index (χ0n) is 11.7. The molecular weight excluding hydrogens is 250 g/mol. The summed E-state index contributed by atoms with van der Waals surface area (Å²) < 4.78 is 4.19. The highest BCUT2D eigenvalue weighted by Crippen LogP contribution is 2.15. The molecule has 20 heavy (non-hydrogen) atoms. The van der Waals surface area contributed by atoms with E-state index in [0.29, 0.717) is 0 Å². The number of benzene rings is 1. The molecule has 5 nitrogen and oxygen atoms in total. The van der Waals surface area contributed by atoms with E-state index in [1.807, 2.05) is 23.0 Å². The first-order valence-electron chi connectivity index (χ1n) is 7.01. The maximum atomic E-state index is 4.70. The number of imidazole rings is 1. The molecule has 0 spiro atoms. The Hall–Kier alpha value is -2.14. The molecule has 0 atom stereocenters. The first kappa shape index (κ1) is 12.9. The first-order valence-corrected chi connectivity index (χ1v) is 7.01. The molecule has 0 fully saturated rings. The topological polar surface area (TPSA) is 47.7 Å². The molecule has 0 bridgehead atoms. The summed E-state index contributed by atoms with van der Waals surface area (Å²) in [4.78, 5) is 4.70. The number of fused-ring (bicyclic) bond motifs is 1. The molecule has 0 unspecified atom stereocenters. The van der Waals surface area contributed by atoms with Crippen LogP contribution >= 0.6 is 0 Å². The molecule has 1 aromatic carbocycles. The zero-order chi connectivity index (χ0) is 13.8. The van der Waals surface area contributed by atoms with Gasteiger partial charge in [-0.25, -0.2) is 4.98 Å². The van der Waals surface area contributed by atoms with E-state index in [4.69, 9.17) is 4.98 Å². The molecule has 3 rings (SSSR count). The van der Waals surface area contributed by atoms with Gasteiger partial charge in [0.05, 0.1) is 24.1 Å². The van der Waals surface area contributed by atoms with Crippen LogP contribution < -0.4 is 5.32 Å². The van der Waals surface area contributed by atoms with Gasteiger partial charge in [0.1, 0.15) is 5.82 Å². The van der Waals surface area contributed by atoms with E-state index in [1.165, 1.54) is 5.52 Å². The minimum absolute atomic E-state index is 0.782. The lowest BCUT2D eigenvalue weighted by atomic mass is 10.3. The fourth-order valence-corrected chi connectivity index (χ4v) is 2.44. The molecule has 0 saturated heterocycles. The van der Waals surface area contributed by atoms with Crippen molar-refractivity contribution >= 4 is 11.0 Å². The van der Waals surface area contributed by atoms with Gasteiger partial charge in [-0.1, -0.05) is 12.1 Å². The second kappa shape index (κ2) is 5.88. The van der Waals surface area contributed by atoms with Crippen molar-refractivity contribution in [1.29, 1.82) is 0 Å². The Bertz CT molecular complexity index is 669. The monoisotopic (exact) mass is 269 g/mol. The lowest BCUT2D eigenvalue weighted by Gasteiger charge is -2.07. The van der Waals surface area contributed by atoms with Gasteiger partial charge >= 0.3 is 0 Å². The largest absolute Gasteiger partial charge is 0.327 e. The summed E-state index contributed by atoms with van der Waals surface area (Å²) in [6, 6.07) is 10.2. The summed E-state index contributed by atoms with van der Waals surface area (Å²) >= 11 is 0.